The van der Waals surface area contributed by atoms with Gasteiger partial charge in [0.1, 0.15) is 0 Å². The van der Waals surface area contributed by atoms with Crippen LogP contribution in [0.15, 0.2) is 78.4 Å². The average molecular weight is 598 g/mol. The van der Waals surface area contributed by atoms with Crippen molar-refractivity contribution in [3.05, 3.63) is 101 Å². The Balaban J connectivity index is 1.72. The number of ether oxygens (including phenoxy) is 1. The summed E-state index contributed by atoms with van der Waals surface area (Å²) in [7, 11) is 0. The van der Waals surface area contributed by atoms with Crippen LogP contribution in [0, 0.1) is 13.8 Å². The first-order valence-electron chi connectivity index (χ1n) is 14.5. The Bertz CT molecular complexity index is 1610. The van der Waals surface area contributed by atoms with Crippen molar-refractivity contribution in [2.24, 2.45) is 5.73 Å². The number of aryl methyl sites for hydroxylation is 2. The highest BCUT2D eigenvalue weighted by molar-refractivity contribution is 6.12. The van der Waals surface area contributed by atoms with E-state index in [4.69, 9.17) is 10.5 Å². The highest BCUT2D eigenvalue weighted by Gasteiger charge is 2.45. The van der Waals surface area contributed by atoms with Crippen LogP contribution < -0.4 is 26.2 Å². The van der Waals surface area contributed by atoms with Gasteiger partial charge in [0.2, 0.25) is 0 Å². The minimum atomic E-state index is -1.93. The fourth-order valence-corrected chi connectivity index (χ4v) is 5.04. The van der Waals surface area contributed by atoms with E-state index in [0.717, 1.165) is 16.7 Å². The van der Waals surface area contributed by atoms with Crippen molar-refractivity contribution in [2.45, 2.75) is 40.3 Å². The van der Waals surface area contributed by atoms with Gasteiger partial charge in [-0.2, -0.15) is 0 Å². The molecule has 1 aliphatic rings. The smallest absolute Gasteiger partial charge is 0.338 e. The van der Waals surface area contributed by atoms with Crippen LogP contribution >= 0.6 is 0 Å². The lowest BCUT2D eigenvalue weighted by Gasteiger charge is -2.34. The van der Waals surface area contributed by atoms with Gasteiger partial charge in [-0.1, -0.05) is 48.0 Å². The lowest BCUT2D eigenvalue weighted by molar-refractivity contribution is -0.123. The zero-order valence-corrected chi connectivity index (χ0v) is 25.8. The maximum atomic E-state index is 14.4. The van der Waals surface area contributed by atoms with Gasteiger partial charge in [0.15, 0.2) is 11.4 Å². The molecule has 3 aromatic rings. The molecule has 0 bridgehead atoms. The Kier molecular flexibility index (Phi) is 9.85. The Morgan fingerprint density at radius 3 is 2.45 bits per heavy atom. The lowest BCUT2D eigenvalue weighted by atomic mass is 10.0. The number of carbonyl (C=O) groups is 4. The van der Waals surface area contributed by atoms with E-state index in [9.17, 15) is 19.2 Å². The highest BCUT2D eigenvalue weighted by atomic mass is 16.5. The molecular weight excluding hydrogens is 558 g/mol. The summed E-state index contributed by atoms with van der Waals surface area (Å²) in [6.07, 6.45) is 2.00. The molecule has 4 rings (SSSR count). The van der Waals surface area contributed by atoms with E-state index >= 15 is 0 Å². The largest absolute Gasteiger partial charge is 0.462 e. The number of rotatable bonds is 9. The third-order valence-electron chi connectivity index (χ3n) is 7.26. The predicted octanol–water partition coefficient (Wildman–Crippen LogP) is 4.96. The topological polar surface area (TPSA) is 134 Å². The molecule has 0 aliphatic carbocycles. The van der Waals surface area contributed by atoms with E-state index in [1.807, 2.05) is 69.0 Å². The third kappa shape index (κ3) is 7.33. The van der Waals surface area contributed by atoms with Crippen molar-refractivity contribution in [3.63, 3.8) is 0 Å². The number of Topliss-reactive ketones (excluding diaryl/α,β-unsaturated/α-hetero) is 1. The Hall–Kier alpha value is -4.96. The van der Waals surface area contributed by atoms with E-state index in [1.165, 1.54) is 11.0 Å². The molecule has 44 heavy (non-hydrogen) atoms. The second kappa shape index (κ2) is 13.6. The minimum Gasteiger partial charge on any atom is -0.462 e. The summed E-state index contributed by atoms with van der Waals surface area (Å²) in [5.74, 6) is -1.42. The molecule has 0 spiro atoms. The number of carbonyl (C=O) groups excluding carboxylic acids is 4. The number of urea groups is 1. The molecule has 10 heteroatoms. The quantitative estimate of drug-likeness (QED) is 0.137. The van der Waals surface area contributed by atoms with Gasteiger partial charge in [-0.25, -0.2) is 9.59 Å². The van der Waals surface area contributed by atoms with Crippen LogP contribution in [0.25, 0.3) is 0 Å². The van der Waals surface area contributed by atoms with Gasteiger partial charge in [-0.3, -0.25) is 20.2 Å². The zero-order valence-electron chi connectivity index (χ0n) is 25.8. The number of fused-ring (bicyclic) bond motifs is 1. The van der Waals surface area contributed by atoms with Gasteiger partial charge in [0, 0.05) is 17.8 Å². The summed E-state index contributed by atoms with van der Waals surface area (Å²) in [5.41, 5.74) is 9.92. The summed E-state index contributed by atoms with van der Waals surface area (Å²) < 4.78 is 5.05. The van der Waals surface area contributed by atoms with Gasteiger partial charge in [-0.15, -0.1) is 0 Å². The van der Waals surface area contributed by atoms with Gasteiger partial charge in [0.25, 0.3) is 5.91 Å². The number of hydrogen-bond acceptors (Lipinski definition) is 7. The van der Waals surface area contributed by atoms with Gasteiger partial charge < -0.3 is 20.3 Å². The Morgan fingerprint density at radius 1 is 1.00 bits per heavy atom. The molecule has 0 saturated carbocycles. The summed E-state index contributed by atoms with van der Waals surface area (Å²) >= 11 is 0. The first kappa shape index (κ1) is 32.0. The number of esters is 1. The molecule has 1 heterocycles. The summed E-state index contributed by atoms with van der Waals surface area (Å²) in [6, 6.07) is 18.4. The molecule has 1 aliphatic heterocycles. The van der Waals surface area contributed by atoms with E-state index < -0.39 is 23.6 Å². The summed E-state index contributed by atoms with van der Waals surface area (Å²) in [4.78, 5) is 56.8. The fourth-order valence-electron chi connectivity index (χ4n) is 5.04. The number of benzene rings is 3. The molecule has 230 valence electrons. The van der Waals surface area contributed by atoms with Crippen LogP contribution in [0.2, 0.25) is 0 Å². The molecule has 0 fully saturated rings. The number of ketones is 1. The maximum absolute atomic E-state index is 14.4. The average Bonchev–Trinajstić information content (AvgIpc) is 3.05. The van der Waals surface area contributed by atoms with Crippen LogP contribution in [-0.4, -0.2) is 55.6 Å². The second-order valence-corrected chi connectivity index (χ2v) is 11.1. The molecule has 3 amide bonds. The Morgan fingerprint density at radius 2 is 1.75 bits per heavy atom. The first-order chi connectivity index (χ1) is 20.9. The maximum Gasteiger partial charge on any atom is 0.338 e. The number of allylic oxidation sites excluding steroid dienone is 1. The van der Waals surface area contributed by atoms with Crippen LogP contribution in [0.5, 0.6) is 0 Å². The number of amides is 3. The van der Waals surface area contributed by atoms with Gasteiger partial charge >= 0.3 is 12.0 Å². The normalized spacial score (nSPS) is 16.0. The zero-order chi connectivity index (χ0) is 32.0. The van der Waals surface area contributed by atoms with Crippen molar-refractivity contribution >= 4 is 40.8 Å². The molecular formula is C34H39N5O5. The number of nitrogens with zero attached hydrogens (tertiary/aromatic N) is 2. The van der Waals surface area contributed by atoms with E-state index in [1.54, 1.807) is 37.3 Å². The van der Waals surface area contributed by atoms with Crippen molar-refractivity contribution in [2.75, 3.05) is 41.4 Å². The van der Waals surface area contributed by atoms with Crippen molar-refractivity contribution < 1.29 is 23.9 Å². The fraction of sp³-hybridized carbons (Fsp3) is 0.294. The molecule has 3 aromatic carbocycles. The number of nitrogens with one attached hydrogen (secondary N) is 2. The second-order valence-electron chi connectivity index (χ2n) is 11.1. The standard InChI is InChI=1S/C34H39N5O5/c1-6-44-31(41)25-11-9-12-26(19-25)36-33(43)37-34(35)21-38(17-16-22(2)3)28-15-14-23(4)18-29(28)39(32(34)42)20-30(40)27-13-8-7-10-24(27)5/h7-16,18-19H,6,17,20-21,35H2,1-5H3,(H2,36,37,43). The highest BCUT2D eigenvalue weighted by Crippen LogP contribution is 2.35. The third-order valence-corrected chi connectivity index (χ3v) is 7.26. The Labute approximate surface area is 257 Å². The van der Waals surface area contributed by atoms with Gasteiger partial charge in [-0.05, 0) is 76.1 Å². The number of nitrogens with two attached hydrogens (primary N) is 1. The van der Waals surface area contributed by atoms with Crippen molar-refractivity contribution in [1.29, 1.82) is 0 Å². The molecule has 0 saturated heterocycles. The lowest BCUT2D eigenvalue weighted by Crippen LogP contribution is -2.70. The van der Waals surface area contributed by atoms with Crippen LogP contribution in [0.4, 0.5) is 21.9 Å². The first-order valence-corrected chi connectivity index (χ1v) is 14.5. The van der Waals surface area contributed by atoms with Crippen LogP contribution in [-0.2, 0) is 9.53 Å². The summed E-state index contributed by atoms with van der Waals surface area (Å²) in [5, 5.41) is 5.35. The van der Waals surface area contributed by atoms with Crippen molar-refractivity contribution in [3.8, 4) is 0 Å². The molecule has 1 unspecified atom stereocenters. The van der Waals surface area contributed by atoms with Crippen molar-refractivity contribution in [1.82, 2.24) is 5.32 Å². The summed E-state index contributed by atoms with van der Waals surface area (Å²) in [6.45, 7) is 9.66. The molecule has 1 atom stereocenters. The van der Waals surface area contributed by atoms with Crippen LogP contribution in [0.1, 0.15) is 52.6 Å². The minimum absolute atomic E-state index is 0.0724. The van der Waals surface area contributed by atoms with E-state index in [-0.39, 0.29) is 31.0 Å². The monoisotopic (exact) mass is 597 g/mol. The number of anilines is 3. The molecule has 0 radical (unpaired) electrons. The van der Waals surface area contributed by atoms with E-state index in [2.05, 4.69) is 10.6 Å². The SMILES string of the molecule is CCOC(=O)c1cccc(NC(=O)NC2(N)CN(CC=C(C)C)c3ccc(C)cc3N(CC(=O)c3ccccc3C)C2=O)c1. The van der Waals surface area contributed by atoms with Gasteiger partial charge in [0.05, 0.1) is 36.6 Å². The molecule has 10 nitrogen and oxygen atoms in total. The number of hydrogen-bond donors (Lipinski definition) is 3. The predicted molar refractivity (Wildman–Crippen MR) is 172 cm³/mol. The molecule has 4 N–H and O–H groups in total. The molecule has 0 aromatic heterocycles. The van der Waals surface area contributed by atoms with E-state index in [0.29, 0.717) is 29.2 Å². The van der Waals surface area contributed by atoms with Crippen LogP contribution in [0.3, 0.4) is 0 Å².